The monoisotopic (exact) mass is 345 g/mol. The quantitative estimate of drug-likeness (QED) is 0.786. The first-order chi connectivity index (χ1) is 11.4. The largest absolute Gasteiger partial charge is 0.444 e. The van der Waals surface area contributed by atoms with Gasteiger partial charge in [0.1, 0.15) is 5.60 Å². The lowest BCUT2D eigenvalue weighted by atomic mass is 10.2. The van der Waals surface area contributed by atoms with Crippen LogP contribution in [0.5, 0.6) is 0 Å². The molecule has 0 spiro atoms. The molecule has 0 fully saturated rings. The van der Waals surface area contributed by atoms with E-state index in [1.807, 2.05) is 32.9 Å². The average molecular weight is 345 g/mol. The summed E-state index contributed by atoms with van der Waals surface area (Å²) in [6.45, 7) is 6.23. The Morgan fingerprint density at radius 3 is 2.88 bits per heavy atom. The van der Waals surface area contributed by atoms with Crippen LogP contribution < -0.4 is 5.32 Å². The molecule has 3 rings (SSSR count). The van der Waals surface area contributed by atoms with Gasteiger partial charge in [-0.3, -0.25) is 0 Å². The van der Waals surface area contributed by atoms with Crippen LogP contribution in [0, 0.1) is 0 Å². The molecular weight excluding hydrogens is 326 g/mol. The fourth-order valence-electron chi connectivity index (χ4n) is 2.20. The molecule has 0 saturated carbocycles. The van der Waals surface area contributed by atoms with Crippen LogP contribution in [-0.4, -0.2) is 31.9 Å². The Labute approximate surface area is 143 Å². The number of benzene rings is 1. The van der Waals surface area contributed by atoms with Crippen LogP contribution in [0.2, 0.25) is 0 Å². The normalized spacial score (nSPS) is 11.6. The lowest BCUT2D eigenvalue weighted by Crippen LogP contribution is -2.32. The summed E-state index contributed by atoms with van der Waals surface area (Å²) in [5.74, 6) is 0.582. The highest BCUT2D eigenvalue weighted by Gasteiger charge is 2.17. The minimum atomic E-state index is -0.535. The number of nitrogens with one attached hydrogen (secondary N) is 1. The van der Waals surface area contributed by atoms with Crippen LogP contribution in [0.3, 0.4) is 0 Å². The van der Waals surface area contributed by atoms with Crippen molar-refractivity contribution in [2.45, 2.75) is 39.5 Å². The van der Waals surface area contributed by atoms with E-state index in [2.05, 4.69) is 39.0 Å². The number of carbonyl (C=O) groups is 1. The third-order valence-corrected chi connectivity index (χ3v) is 4.28. The van der Waals surface area contributed by atoms with Gasteiger partial charge in [0.05, 0.1) is 13.1 Å². The van der Waals surface area contributed by atoms with Gasteiger partial charge >= 0.3 is 6.09 Å². The van der Waals surface area contributed by atoms with Gasteiger partial charge in [0.2, 0.25) is 0 Å². The number of alkyl carbamates (subject to hydrolysis) is 1. The van der Waals surface area contributed by atoms with Crippen LogP contribution in [0.4, 0.5) is 4.79 Å². The molecule has 1 N–H and O–H groups in total. The molecule has 0 atom stereocenters. The maximum atomic E-state index is 11.7. The zero-order chi connectivity index (χ0) is 17.2. The second-order valence-electron chi connectivity index (χ2n) is 6.36. The topological polar surface area (TPSA) is 81.9 Å². The van der Waals surface area contributed by atoms with Crippen molar-refractivity contribution in [3.63, 3.8) is 0 Å². The number of carbonyl (C=O) groups excluding carboxylic acids is 1. The Hall–Kier alpha value is -2.48. The number of thiophene rings is 1. The summed E-state index contributed by atoms with van der Waals surface area (Å²) in [4.78, 5) is 12.9. The Morgan fingerprint density at radius 2 is 2.12 bits per heavy atom. The molecule has 0 aliphatic rings. The summed E-state index contributed by atoms with van der Waals surface area (Å²) in [5, 5.41) is 15.6. The number of nitrogens with zero attached hydrogens (tertiary/aromatic N) is 4. The fourth-order valence-corrected chi connectivity index (χ4v) is 3.25. The molecule has 2 aromatic heterocycles. The SMILES string of the molecule is CC(C)(C)OC(=O)NCc1nnnn1Cc1cc2ccccc2s1. The number of tetrazole rings is 1. The molecule has 0 aliphatic carbocycles. The molecule has 0 saturated heterocycles. The molecule has 24 heavy (non-hydrogen) atoms. The lowest BCUT2D eigenvalue weighted by Gasteiger charge is -2.19. The van der Waals surface area contributed by atoms with Gasteiger partial charge in [0, 0.05) is 9.58 Å². The smallest absolute Gasteiger partial charge is 0.408 e. The summed E-state index contributed by atoms with van der Waals surface area (Å²) in [7, 11) is 0. The third-order valence-electron chi connectivity index (χ3n) is 3.18. The second kappa shape index (κ2) is 6.56. The Balaban J connectivity index is 1.66. The highest BCUT2D eigenvalue weighted by atomic mass is 32.1. The van der Waals surface area contributed by atoms with E-state index in [1.165, 1.54) is 10.1 Å². The zero-order valence-electron chi connectivity index (χ0n) is 13.8. The Morgan fingerprint density at radius 1 is 1.33 bits per heavy atom. The maximum absolute atomic E-state index is 11.7. The molecule has 3 aromatic rings. The number of amides is 1. The van der Waals surface area contributed by atoms with Crippen molar-refractivity contribution in [2.24, 2.45) is 0 Å². The molecule has 7 nitrogen and oxygen atoms in total. The lowest BCUT2D eigenvalue weighted by molar-refractivity contribution is 0.0521. The Bertz CT molecular complexity index is 816. The van der Waals surface area contributed by atoms with Crippen molar-refractivity contribution in [1.82, 2.24) is 25.5 Å². The molecule has 126 valence electrons. The molecule has 0 bridgehead atoms. The zero-order valence-corrected chi connectivity index (χ0v) is 14.6. The van der Waals surface area contributed by atoms with Crippen molar-refractivity contribution in [3.05, 3.63) is 41.0 Å². The van der Waals surface area contributed by atoms with E-state index in [1.54, 1.807) is 16.0 Å². The van der Waals surface area contributed by atoms with Crippen molar-refractivity contribution >= 4 is 27.5 Å². The van der Waals surface area contributed by atoms with Crippen molar-refractivity contribution in [3.8, 4) is 0 Å². The maximum Gasteiger partial charge on any atom is 0.408 e. The molecule has 8 heteroatoms. The van der Waals surface area contributed by atoms with E-state index in [-0.39, 0.29) is 6.54 Å². The van der Waals surface area contributed by atoms with Crippen molar-refractivity contribution in [1.29, 1.82) is 0 Å². The van der Waals surface area contributed by atoms with Gasteiger partial charge in [-0.1, -0.05) is 18.2 Å². The van der Waals surface area contributed by atoms with Gasteiger partial charge in [-0.15, -0.1) is 16.4 Å². The summed E-state index contributed by atoms with van der Waals surface area (Å²) < 4.78 is 8.12. The summed E-state index contributed by atoms with van der Waals surface area (Å²) in [6.07, 6.45) is -0.487. The molecule has 0 aliphatic heterocycles. The van der Waals surface area contributed by atoms with E-state index >= 15 is 0 Å². The number of hydrogen-bond acceptors (Lipinski definition) is 6. The number of ether oxygens (including phenoxy) is 1. The molecular formula is C16H19N5O2S. The summed E-state index contributed by atoms with van der Waals surface area (Å²) in [5.41, 5.74) is -0.535. The van der Waals surface area contributed by atoms with Gasteiger partial charge in [-0.25, -0.2) is 9.48 Å². The highest BCUT2D eigenvalue weighted by molar-refractivity contribution is 7.19. The van der Waals surface area contributed by atoms with E-state index in [4.69, 9.17) is 4.74 Å². The number of hydrogen-bond donors (Lipinski definition) is 1. The van der Waals surface area contributed by atoms with E-state index in [0.29, 0.717) is 12.4 Å². The van der Waals surface area contributed by atoms with E-state index in [9.17, 15) is 4.79 Å². The van der Waals surface area contributed by atoms with Gasteiger partial charge < -0.3 is 10.1 Å². The minimum absolute atomic E-state index is 0.215. The van der Waals surface area contributed by atoms with Gasteiger partial charge in [0.15, 0.2) is 5.82 Å². The fraction of sp³-hybridized carbons (Fsp3) is 0.375. The molecule has 1 aromatic carbocycles. The Kier molecular flexibility index (Phi) is 4.48. The minimum Gasteiger partial charge on any atom is -0.444 e. The summed E-state index contributed by atoms with van der Waals surface area (Å²) >= 11 is 1.71. The third kappa shape index (κ3) is 4.08. The number of fused-ring (bicyclic) bond motifs is 1. The van der Waals surface area contributed by atoms with Crippen LogP contribution in [0.15, 0.2) is 30.3 Å². The summed E-state index contributed by atoms with van der Waals surface area (Å²) in [6, 6.07) is 10.3. The second-order valence-corrected chi connectivity index (χ2v) is 7.53. The highest BCUT2D eigenvalue weighted by Crippen LogP contribution is 2.25. The predicted octanol–water partition coefficient (Wildman–Crippen LogP) is 2.96. The average Bonchev–Trinajstić information content (AvgIpc) is 3.09. The van der Waals surface area contributed by atoms with Crippen LogP contribution in [0.25, 0.3) is 10.1 Å². The molecule has 0 unspecified atom stereocenters. The van der Waals surface area contributed by atoms with Gasteiger partial charge in [-0.05, 0) is 48.7 Å². The van der Waals surface area contributed by atoms with Gasteiger partial charge in [-0.2, -0.15) is 0 Å². The predicted molar refractivity (Wildman–Crippen MR) is 91.8 cm³/mol. The molecule has 2 heterocycles. The number of rotatable bonds is 4. The van der Waals surface area contributed by atoms with Crippen LogP contribution in [-0.2, 0) is 17.8 Å². The van der Waals surface area contributed by atoms with E-state index in [0.717, 1.165) is 4.88 Å². The standard InChI is InChI=1S/C16H19N5O2S/c1-16(2,3)23-15(22)17-9-14-18-19-20-21(14)10-12-8-11-6-4-5-7-13(11)24-12/h4-8H,9-10H2,1-3H3,(H,17,22). The van der Waals surface area contributed by atoms with Gasteiger partial charge in [0.25, 0.3) is 0 Å². The molecule has 1 amide bonds. The first-order valence-electron chi connectivity index (χ1n) is 7.60. The van der Waals surface area contributed by atoms with Crippen LogP contribution >= 0.6 is 11.3 Å². The van der Waals surface area contributed by atoms with Crippen molar-refractivity contribution < 1.29 is 9.53 Å². The first kappa shape index (κ1) is 16.4. The first-order valence-corrected chi connectivity index (χ1v) is 8.42. The number of aromatic nitrogens is 4. The molecule has 0 radical (unpaired) electrons. The van der Waals surface area contributed by atoms with Crippen molar-refractivity contribution in [2.75, 3.05) is 0 Å². The van der Waals surface area contributed by atoms with Crippen LogP contribution in [0.1, 0.15) is 31.5 Å². The van der Waals surface area contributed by atoms with E-state index < -0.39 is 11.7 Å².